The molecule has 0 aliphatic rings. The number of benzene rings is 1. The second kappa shape index (κ2) is 10.8. The minimum absolute atomic E-state index is 0.0814. The Morgan fingerprint density at radius 1 is 1.14 bits per heavy atom. The van der Waals surface area contributed by atoms with Crippen molar-refractivity contribution in [2.75, 3.05) is 6.54 Å². The third-order valence-corrected chi connectivity index (χ3v) is 4.51. The summed E-state index contributed by atoms with van der Waals surface area (Å²) >= 11 is 0. The van der Waals surface area contributed by atoms with Gasteiger partial charge in [-0.15, -0.1) is 5.06 Å². The number of urea groups is 2. The second-order valence-electron chi connectivity index (χ2n) is 8.01. The molecule has 2 N–H and O–H groups in total. The van der Waals surface area contributed by atoms with Crippen LogP contribution in [0.5, 0.6) is 0 Å². The summed E-state index contributed by atoms with van der Waals surface area (Å²) < 4.78 is 0. The molecule has 0 fully saturated rings. The van der Waals surface area contributed by atoms with Gasteiger partial charge in [0, 0.05) is 18.5 Å². The highest BCUT2D eigenvalue weighted by molar-refractivity contribution is 6.01. The average molecular weight is 392 g/mol. The van der Waals surface area contributed by atoms with E-state index in [1.807, 2.05) is 44.2 Å². The molecule has 7 nitrogen and oxygen atoms in total. The molecule has 1 aromatic carbocycles. The van der Waals surface area contributed by atoms with Crippen molar-refractivity contribution in [2.45, 2.75) is 60.4 Å². The molecule has 156 valence electrons. The van der Waals surface area contributed by atoms with Crippen LogP contribution in [0.2, 0.25) is 0 Å². The maximum absolute atomic E-state index is 12.6. The Hall–Kier alpha value is -2.41. The standard InChI is InChI=1S/C21H33N3O4/c1-6-14-23(19(26)22-15-17-10-8-7-9-11-17)20(27)24(28)18(25)21(4,5)13-12-16(2)3/h7-11,16,28H,6,12-15H2,1-5H3,(H,22,26). The predicted molar refractivity (Wildman–Crippen MR) is 108 cm³/mol. The molecule has 1 aromatic rings. The fraction of sp³-hybridized carbons (Fsp3) is 0.571. The number of carbonyl (C=O) groups is 3. The van der Waals surface area contributed by atoms with Crippen molar-refractivity contribution in [1.82, 2.24) is 15.3 Å². The van der Waals surface area contributed by atoms with Crippen molar-refractivity contribution in [3.05, 3.63) is 35.9 Å². The third-order valence-electron chi connectivity index (χ3n) is 4.51. The SMILES string of the molecule is CCCN(C(=O)NCc1ccccc1)C(=O)N(O)C(=O)C(C)(C)CCC(C)C. The summed E-state index contributed by atoms with van der Waals surface area (Å²) in [6.45, 7) is 9.61. The summed E-state index contributed by atoms with van der Waals surface area (Å²) in [7, 11) is 0. The van der Waals surface area contributed by atoms with E-state index in [4.69, 9.17) is 0 Å². The highest BCUT2D eigenvalue weighted by Gasteiger charge is 2.37. The first-order chi connectivity index (χ1) is 13.1. The molecule has 0 atom stereocenters. The normalized spacial score (nSPS) is 11.2. The quantitative estimate of drug-likeness (QED) is 0.507. The van der Waals surface area contributed by atoms with Gasteiger partial charge in [0.25, 0.3) is 5.91 Å². The van der Waals surface area contributed by atoms with Gasteiger partial charge in [-0.25, -0.2) is 14.5 Å². The lowest BCUT2D eigenvalue weighted by Gasteiger charge is -2.30. The van der Waals surface area contributed by atoms with Gasteiger partial charge >= 0.3 is 12.1 Å². The van der Waals surface area contributed by atoms with Gasteiger partial charge in [-0.3, -0.25) is 10.0 Å². The molecule has 0 saturated carbocycles. The van der Waals surface area contributed by atoms with Crippen molar-refractivity contribution < 1.29 is 19.6 Å². The predicted octanol–water partition coefficient (Wildman–Crippen LogP) is 4.41. The first kappa shape index (κ1) is 23.6. The topological polar surface area (TPSA) is 90.0 Å². The highest BCUT2D eigenvalue weighted by atomic mass is 16.5. The molecule has 0 radical (unpaired) electrons. The number of nitrogens with one attached hydrogen (secondary N) is 1. The van der Waals surface area contributed by atoms with E-state index in [0.717, 1.165) is 16.9 Å². The minimum Gasteiger partial charge on any atom is -0.333 e. The van der Waals surface area contributed by atoms with E-state index < -0.39 is 23.4 Å². The van der Waals surface area contributed by atoms with Crippen molar-refractivity contribution in [3.63, 3.8) is 0 Å². The Bertz CT molecular complexity index is 659. The van der Waals surface area contributed by atoms with E-state index in [0.29, 0.717) is 18.8 Å². The van der Waals surface area contributed by atoms with E-state index in [2.05, 4.69) is 5.32 Å². The molecule has 0 bridgehead atoms. The van der Waals surface area contributed by atoms with Crippen LogP contribution in [-0.2, 0) is 11.3 Å². The Morgan fingerprint density at radius 3 is 2.29 bits per heavy atom. The lowest BCUT2D eigenvalue weighted by molar-refractivity contribution is -0.164. The summed E-state index contributed by atoms with van der Waals surface area (Å²) in [6.07, 6.45) is 1.82. The molecule has 0 saturated heterocycles. The second-order valence-corrected chi connectivity index (χ2v) is 8.01. The number of hydrogen-bond donors (Lipinski definition) is 2. The molecule has 0 aromatic heterocycles. The van der Waals surface area contributed by atoms with Crippen LogP contribution in [0.3, 0.4) is 0 Å². The van der Waals surface area contributed by atoms with Gasteiger partial charge in [-0.1, -0.05) is 65.0 Å². The molecular weight excluding hydrogens is 358 g/mol. The van der Waals surface area contributed by atoms with Crippen molar-refractivity contribution in [1.29, 1.82) is 0 Å². The van der Waals surface area contributed by atoms with Crippen LogP contribution in [0.15, 0.2) is 30.3 Å². The summed E-state index contributed by atoms with van der Waals surface area (Å²) in [5, 5.41) is 13.0. The van der Waals surface area contributed by atoms with Crippen molar-refractivity contribution in [2.24, 2.45) is 11.3 Å². The largest absolute Gasteiger partial charge is 0.359 e. The van der Waals surface area contributed by atoms with Crippen LogP contribution in [0.4, 0.5) is 9.59 Å². The zero-order chi connectivity index (χ0) is 21.3. The first-order valence-electron chi connectivity index (χ1n) is 9.76. The maximum Gasteiger partial charge on any atom is 0.359 e. The zero-order valence-electron chi connectivity index (χ0n) is 17.6. The Kier molecular flexibility index (Phi) is 9.12. The van der Waals surface area contributed by atoms with E-state index in [9.17, 15) is 19.6 Å². The molecule has 0 aliphatic carbocycles. The van der Waals surface area contributed by atoms with Crippen LogP contribution >= 0.6 is 0 Å². The van der Waals surface area contributed by atoms with Gasteiger partial charge in [0.15, 0.2) is 0 Å². The van der Waals surface area contributed by atoms with Crippen LogP contribution in [0, 0.1) is 11.3 Å². The minimum atomic E-state index is -1.03. The third kappa shape index (κ3) is 6.96. The van der Waals surface area contributed by atoms with Crippen LogP contribution < -0.4 is 5.32 Å². The fourth-order valence-electron chi connectivity index (χ4n) is 2.62. The van der Waals surface area contributed by atoms with E-state index >= 15 is 0 Å². The van der Waals surface area contributed by atoms with Crippen molar-refractivity contribution in [3.8, 4) is 0 Å². The van der Waals surface area contributed by atoms with Gasteiger partial charge in [0.1, 0.15) is 0 Å². The number of hydroxylamine groups is 2. The molecule has 0 aliphatic heterocycles. The van der Waals surface area contributed by atoms with Gasteiger partial charge in [-0.2, -0.15) is 0 Å². The van der Waals surface area contributed by atoms with E-state index in [1.165, 1.54) is 0 Å². The van der Waals surface area contributed by atoms with E-state index in [-0.39, 0.29) is 18.2 Å². The molecule has 1 rings (SSSR count). The summed E-state index contributed by atoms with van der Waals surface area (Å²) in [5.74, 6) is -0.314. The molecule has 0 heterocycles. The summed E-state index contributed by atoms with van der Waals surface area (Å²) in [5.41, 5.74) is -0.0286. The Labute approximate surface area is 167 Å². The van der Waals surface area contributed by atoms with Crippen LogP contribution in [0.25, 0.3) is 0 Å². The van der Waals surface area contributed by atoms with Gasteiger partial charge in [0.2, 0.25) is 0 Å². The lowest BCUT2D eigenvalue weighted by Crippen LogP contribution is -2.53. The zero-order valence-corrected chi connectivity index (χ0v) is 17.6. The monoisotopic (exact) mass is 391 g/mol. The fourth-order valence-corrected chi connectivity index (χ4v) is 2.62. The maximum atomic E-state index is 12.6. The number of amides is 5. The average Bonchev–Trinajstić information content (AvgIpc) is 2.67. The number of carbonyl (C=O) groups excluding carboxylic acids is 3. The van der Waals surface area contributed by atoms with Crippen LogP contribution in [-0.4, -0.2) is 39.7 Å². The summed E-state index contributed by atoms with van der Waals surface area (Å²) in [6, 6.07) is 7.59. The molecule has 0 spiro atoms. The smallest absolute Gasteiger partial charge is 0.333 e. The molecule has 0 unspecified atom stereocenters. The Morgan fingerprint density at radius 2 is 1.75 bits per heavy atom. The molecule has 28 heavy (non-hydrogen) atoms. The Balaban J connectivity index is 2.80. The highest BCUT2D eigenvalue weighted by Crippen LogP contribution is 2.27. The first-order valence-corrected chi connectivity index (χ1v) is 9.76. The van der Waals surface area contributed by atoms with Gasteiger partial charge in [-0.05, 0) is 30.7 Å². The van der Waals surface area contributed by atoms with Crippen LogP contribution in [0.1, 0.15) is 59.4 Å². The van der Waals surface area contributed by atoms with E-state index in [1.54, 1.807) is 20.8 Å². The van der Waals surface area contributed by atoms with Gasteiger partial charge in [0.05, 0.1) is 0 Å². The van der Waals surface area contributed by atoms with Crippen molar-refractivity contribution >= 4 is 18.0 Å². The number of hydrogen-bond acceptors (Lipinski definition) is 4. The molecular formula is C21H33N3O4. The molecule has 7 heteroatoms. The lowest BCUT2D eigenvalue weighted by atomic mass is 9.84. The summed E-state index contributed by atoms with van der Waals surface area (Å²) in [4.78, 5) is 38.6. The molecule has 5 amide bonds. The van der Waals surface area contributed by atoms with Gasteiger partial charge < -0.3 is 5.32 Å². The number of nitrogens with zero attached hydrogens (tertiary/aromatic N) is 2. The number of rotatable bonds is 8. The number of imide groups is 2.